The zero-order valence-electron chi connectivity index (χ0n) is 20.9. The van der Waals surface area contributed by atoms with Crippen LogP contribution in [0.25, 0.3) is 0 Å². The van der Waals surface area contributed by atoms with Gasteiger partial charge in [0.1, 0.15) is 0 Å². The maximum Gasteiger partial charge on any atom is 0.244 e. The molecule has 8 heteroatoms. The van der Waals surface area contributed by atoms with Crippen LogP contribution in [0.15, 0.2) is 64.9 Å². The van der Waals surface area contributed by atoms with E-state index in [0.29, 0.717) is 37.2 Å². The van der Waals surface area contributed by atoms with Gasteiger partial charge in [0, 0.05) is 31.7 Å². The Morgan fingerprint density at radius 1 is 0.971 bits per heavy atom. The van der Waals surface area contributed by atoms with E-state index < -0.39 is 10.0 Å². The van der Waals surface area contributed by atoms with Gasteiger partial charge < -0.3 is 9.64 Å². The van der Waals surface area contributed by atoms with Crippen LogP contribution in [0, 0.1) is 20.8 Å². The number of hydrogen-bond acceptors (Lipinski definition) is 5. The minimum Gasteiger partial charge on any atom is -0.385 e. The zero-order valence-corrected chi connectivity index (χ0v) is 22.5. The molecule has 1 aromatic heterocycles. The Labute approximate surface area is 213 Å². The Balaban J connectivity index is 1.91. The molecule has 0 unspecified atom stereocenters. The van der Waals surface area contributed by atoms with Gasteiger partial charge in [0.2, 0.25) is 15.9 Å². The number of rotatable bonds is 12. The third kappa shape index (κ3) is 7.24. The number of aryl methyl sites for hydroxylation is 3. The van der Waals surface area contributed by atoms with Crippen LogP contribution in [0.1, 0.15) is 33.6 Å². The summed E-state index contributed by atoms with van der Waals surface area (Å²) in [5, 5.41) is 1.98. The van der Waals surface area contributed by atoms with Crippen molar-refractivity contribution < 1.29 is 17.9 Å². The van der Waals surface area contributed by atoms with Gasteiger partial charge in [0.25, 0.3) is 0 Å². The van der Waals surface area contributed by atoms with Gasteiger partial charge in [-0.05, 0) is 55.3 Å². The molecule has 3 rings (SSSR count). The molecule has 6 nitrogen and oxygen atoms in total. The Bertz CT molecular complexity index is 1190. The molecule has 0 radical (unpaired) electrons. The van der Waals surface area contributed by atoms with Crippen molar-refractivity contribution in [3.05, 3.63) is 87.1 Å². The standard InChI is InChI=1S/C27H34N2O4S2/c1-21-16-22(2)27(23(3)17-21)35(31,32)29(13-9-14-33-4)20-26(30)28(19-25-12-8-15-34-25)18-24-10-6-5-7-11-24/h5-8,10-12,15-17H,9,13-14,18-20H2,1-4H3. The zero-order chi connectivity index (χ0) is 25.4. The Kier molecular flexibility index (Phi) is 9.63. The molecule has 35 heavy (non-hydrogen) atoms. The van der Waals surface area contributed by atoms with E-state index in [1.165, 1.54) is 4.31 Å². The van der Waals surface area contributed by atoms with Crippen LogP contribution >= 0.6 is 11.3 Å². The number of hydrogen-bond donors (Lipinski definition) is 0. The molecule has 0 saturated carbocycles. The first-order valence-electron chi connectivity index (χ1n) is 11.6. The number of carbonyl (C=O) groups is 1. The maximum atomic E-state index is 13.8. The van der Waals surface area contributed by atoms with Crippen LogP contribution in [0.2, 0.25) is 0 Å². The predicted molar refractivity (Wildman–Crippen MR) is 141 cm³/mol. The summed E-state index contributed by atoms with van der Waals surface area (Å²) in [5.41, 5.74) is 3.38. The van der Waals surface area contributed by atoms with Gasteiger partial charge in [-0.1, -0.05) is 54.1 Å². The molecule has 0 N–H and O–H groups in total. The van der Waals surface area contributed by atoms with Crippen molar-refractivity contribution in [3.8, 4) is 0 Å². The number of nitrogens with zero attached hydrogens (tertiary/aromatic N) is 2. The van der Waals surface area contributed by atoms with Crippen LogP contribution in [0.5, 0.6) is 0 Å². The highest BCUT2D eigenvalue weighted by Gasteiger charge is 2.31. The molecule has 1 heterocycles. The second-order valence-electron chi connectivity index (χ2n) is 8.73. The van der Waals surface area contributed by atoms with Crippen molar-refractivity contribution >= 4 is 27.3 Å². The van der Waals surface area contributed by atoms with Crippen molar-refractivity contribution in [2.24, 2.45) is 0 Å². The monoisotopic (exact) mass is 514 g/mol. The topological polar surface area (TPSA) is 66.9 Å². The molecule has 0 fully saturated rings. The van der Waals surface area contributed by atoms with Gasteiger partial charge >= 0.3 is 0 Å². The molecule has 2 aromatic carbocycles. The lowest BCUT2D eigenvalue weighted by molar-refractivity contribution is -0.132. The lowest BCUT2D eigenvalue weighted by Crippen LogP contribution is -2.43. The van der Waals surface area contributed by atoms with E-state index in [-0.39, 0.29) is 23.9 Å². The van der Waals surface area contributed by atoms with Crippen molar-refractivity contribution in [1.29, 1.82) is 0 Å². The molecule has 0 bridgehead atoms. The molecule has 188 valence electrons. The second-order valence-corrected chi connectivity index (χ2v) is 11.6. The highest BCUT2D eigenvalue weighted by atomic mass is 32.2. The first-order valence-corrected chi connectivity index (χ1v) is 14.0. The Morgan fingerprint density at radius 2 is 1.66 bits per heavy atom. The SMILES string of the molecule is COCCCN(CC(=O)N(Cc1ccccc1)Cc1cccs1)S(=O)(=O)c1c(C)cc(C)cc1C. The third-order valence-electron chi connectivity index (χ3n) is 5.77. The average molecular weight is 515 g/mol. The largest absolute Gasteiger partial charge is 0.385 e. The van der Waals surface area contributed by atoms with Gasteiger partial charge in [-0.15, -0.1) is 11.3 Å². The van der Waals surface area contributed by atoms with Crippen LogP contribution in [0.3, 0.4) is 0 Å². The highest BCUT2D eigenvalue weighted by Crippen LogP contribution is 2.26. The first-order chi connectivity index (χ1) is 16.7. The van der Waals surface area contributed by atoms with Crippen LogP contribution < -0.4 is 0 Å². The van der Waals surface area contributed by atoms with Crippen molar-refractivity contribution in [3.63, 3.8) is 0 Å². The highest BCUT2D eigenvalue weighted by molar-refractivity contribution is 7.89. The molecule has 0 aliphatic carbocycles. The van der Waals surface area contributed by atoms with E-state index in [4.69, 9.17) is 4.74 Å². The number of benzene rings is 2. The minimum atomic E-state index is -3.89. The summed E-state index contributed by atoms with van der Waals surface area (Å²) in [6.07, 6.45) is 0.497. The Morgan fingerprint density at radius 3 is 2.26 bits per heavy atom. The van der Waals surface area contributed by atoms with Gasteiger partial charge in [0.05, 0.1) is 18.0 Å². The lowest BCUT2D eigenvalue weighted by atomic mass is 10.1. The summed E-state index contributed by atoms with van der Waals surface area (Å²) in [4.78, 5) is 16.7. The summed E-state index contributed by atoms with van der Waals surface area (Å²) in [6.45, 7) is 6.79. The van der Waals surface area contributed by atoms with Crippen LogP contribution in [0.4, 0.5) is 0 Å². The van der Waals surface area contributed by atoms with E-state index in [1.54, 1.807) is 37.2 Å². The fourth-order valence-electron chi connectivity index (χ4n) is 4.25. The van der Waals surface area contributed by atoms with Crippen molar-refractivity contribution in [2.45, 2.75) is 45.2 Å². The summed E-state index contributed by atoms with van der Waals surface area (Å²) in [5.74, 6) is -0.231. The molecular weight excluding hydrogens is 480 g/mol. The van der Waals surface area contributed by atoms with E-state index in [9.17, 15) is 13.2 Å². The molecular formula is C27H34N2O4S2. The second kappa shape index (κ2) is 12.4. The first kappa shape index (κ1) is 27.1. The average Bonchev–Trinajstić information content (AvgIpc) is 3.31. The summed E-state index contributed by atoms with van der Waals surface area (Å²) in [6, 6.07) is 17.4. The van der Waals surface area contributed by atoms with Crippen molar-refractivity contribution in [1.82, 2.24) is 9.21 Å². The third-order valence-corrected chi connectivity index (χ3v) is 8.78. The molecule has 0 aliphatic heterocycles. The lowest BCUT2D eigenvalue weighted by Gasteiger charge is -2.28. The van der Waals surface area contributed by atoms with Crippen molar-refractivity contribution in [2.75, 3.05) is 26.8 Å². The molecule has 1 amide bonds. The summed E-state index contributed by atoms with van der Waals surface area (Å²) in [7, 11) is -2.31. The molecule has 0 atom stereocenters. The number of sulfonamides is 1. The Hall–Kier alpha value is -2.52. The molecule has 3 aromatic rings. The number of carbonyl (C=O) groups excluding carboxylic acids is 1. The number of methoxy groups -OCH3 is 1. The van der Waals surface area contributed by atoms with Gasteiger partial charge in [-0.2, -0.15) is 4.31 Å². The maximum absolute atomic E-state index is 13.8. The van der Waals surface area contributed by atoms with Crippen LogP contribution in [-0.4, -0.2) is 50.3 Å². The smallest absolute Gasteiger partial charge is 0.244 e. The number of ether oxygens (including phenoxy) is 1. The van der Waals surface area contributed by atoms with Crippen LogP contribution in [-0.2, 0) is 32.6 Å². The van der Waals surface area contributed by atoms with Gasteiger partial charge in [0.15, 0.2) is 0 Å². The number of thiophene rings is 1. The van der Waals surface area contributed by atoms with Gasteiger partial charge in [-0.25, -0.2) is 8.42 Å². The quantitative estimate of drug-likeness (QED) is 0.322. The van der Waals surface area contributed by atoms with Gasteiger partial charge in [-0.3, -0.25) is 4.79 Å². The fraction of sp³-hybridized carbons (Fsp3) is 0.370. The summed E-state index contributed by atoms with van der Waals surface area (Å²) >= 11 is 1.58. The van der Waals surface area contributed by atoms with E-state index in [1.807, 2.05) is 66.9 Å². The number of amides is 1. The molecule has 0 aliphatic rings. The fourth-order valence-corrected chi connectivity index (χ4v) is 6.81. The molecule has 0 saturated heterocycles. The molecule has 0 spiro atoms. The van der Waals surface area contributed by atoms with E-state index >= 15 is 0 Å². The predicted octanol–water partition coefficient (Wildman–Crippen LogP) is 4.93. The normalized spacial score (nSPS) is 11.7. The van der Waals surface area contributed by atoms with E-state index in [2.05, 4.69) is 0 Å². The van der Waals surface area contributed by atoms with E-state index in [0.717, 1.165) is 16.0 Å². The summed E-state index contributed by atoms with van der Waals surface area (Å²) < 4.78 is 34.1. The minimum absolute atomic E-state index is 0.201.